The monoisotopic (exact) mass is 363 g/mol. The molecule has 0 radical (unpaired) electrons. The Bertz CT molecular complexity index is 531. The van der Waals surface area contributed by atoms with Crippen LogP contribution in [0.1, 0.15) is 31.2 Å². The molecular weight excluding hydrogens is 330 g/mol. The lowest BCUT2D eigenvalue weighted by atomic mass is 10.2. The Morgan fingerprint density at radius 2 is 1.96 bits per heavy atom. The van der Waals surface area contributed by atoms with Gasteiger partial charge in [0.05, 0.1) is 19.3 Å². The fraction of sp³-hybridized carbons (Fsp3) is 0.650. The first-order chi connectivity index (χ1) is 12.8. The molecule has 6 heteroatoms. The van der Waals surface area contributed by atoms with Gasteiger partial charge in [0.25, 0.3) is 0 Å². The van der Waals surface area contributed by atoms with Gasteiger partial charge in [0.1, 0.15) is 5.75 Å². The molecule has 0 aliphatic carbocycles. The largest absolute Gasteiger partial charge is 0.493 e. The van der Waals surface area contributed by atoms with Crippen molar-refractivity contribution < 1.29 is 14.2 Å². The second kappa shape index (κ2) is 12.5. The molecule has 26 heavy (non-hydrogen) atoms. The third-order valence-corrected chi connectivity index (χ3v) is 4.27. The SMILES string of the molecule is CN=C(NCCCOCC1CCCO1)NCCCOc1ccccc1C. The highest BCUT2D eigenvalue weighted by molar-refractivity contribution is 5.79. The number of nitrogens with zero attached hydrogens (tertiary/aromatic N) is 1. The molecule has 0 saturated carbocycles. The summed E-state index contributed by atoms with van der Waals surface area (Å²) in [5.41, 5.74) is 1.17. The van der Waals surface area contributed by atoms with Crippen LogP contribution in [0.4, 0.5) is 0 Å². The number of nitrogens with one attached hydrogen (secondary N) is 2. The Balaban J connectivity index is 1.45. The molecule has 6 nitrogen and oxygen atoms in total. The molecule has 1 unspecified atom stereocenters. The zero-order valence-corrected chi connectivity index (χ0v) is 16.1. The minimum Gasteiger partial charge on any atom is -0.493 e. The lowest BCUT2D eigenvalue weighted by Crippen LogP contribution is -2.38. The van der Waals surface area contributed by atoms with Crippen molar-refractivity contribution >= 4 is 5.96 Å². The highest BCUT2D eigenvalue weighted by Crippen LogP contribution is 2.16. The average molecular weight is 364 g/mol. The van der Waals surface area contributed by atoms with Gasteiger partial charge < -0.3 is 24.8 Å². The fourth-order valence-electron chi connectivity index (χ4n) is 2.77. The van der Waals surface area contributed by atoms with E-state index in [0.717, 1.165) is 63.7 Å². The molecule has 1 atom stereocenters. The molecule has 2 rings (SSSR count). The first kappa shape index (κ1) is 20.5. The molecule has 0 amide bonds. The van der Waals surface area contributed by atoms with Crippen LogP contribution < -0.4 is 15.4 Å². The number of guanidine groups is 1. The van der Waals surface area contributed by atoms with Crippen molar-refractivity contribution in [3.8, 4) is 5.75 Å². The van der Waals surface area contributed by atoms with E-state index < -0.39 is 0 Å². The number of benzene rings is 1. The van der Waals surface area contributed by atoms with Crippen LogP contribution >= 0.6 is 0 Å². The summed E-state index contributed by atoms with van der Waals surface area (Å²) in [6, 6.07) is 8.08. The summed E-state index contributed by atoms with van der Waals surface area (Å²) in [6.07, 6.45) is 4.46. The van der Waals surface area contributed by atoms with Crippen molar-refractivity contribution in [1.82, 2.24) is 10.6 Å². The van der Waals surface area contributed by atoms with Crippen molar-refractivity contribution in [3.05, 3.63) is 29.8 Å². The first-order valence-corrected chi connectivity index (χ1v) is 9.62. The number of aliphatic imine (C=N–C) groups is 1. The van der Waals surface area contributed by atoms with Gasteiger partial charge in [-0.25, -0.2) is 0 Å². The van der Waals surface area contributed by atoms with Gasteiger partial charge in [-0.05, 0) is 44.2 Å². The van der Waals surface area contributed by atoms with Crippen LogP contribution in [0, 0.1) is 6.92 Å². The summed E-state index contributed by atoms with van der Waals surface area (Å²) in [6.45, 7) is 6.75. The summed E-state index contributed by atoms with van der Waals surface area (Å²) in [4.78, 5) is 4.23. The Labute approximate surface area is 157 Å². The Hall–Kier alpha value is -1.79. The van der Waals surface area contributed by atoms with E-state index in [1.807, 2.05) is 18.2 Å². The number of hydrogen-bond donors (Lipinski definition) is 2. The van der Waals surface area contributed by atoms with E-state index in [2.05, 4.69) is 28.6 Å². The molecule has 1 saturated heterocycles. The van der Waals surface area contributed by atoms with E-state index in [1.54, 1.807) is 7.05 Å². The van der Waals surface area contributed by atoms with Crippen LogP contribution in [-0.2, 0) is 9.47 Å². The van der Waals surface area contributed by atoms with Gasteiger partial charge in [0, 0.05) is 33.4 Å². The second-order valence-electron chi connectivity index (χ2n) is 6.46. The number of aryl methyl sites for hydroxylation is 1. The smallest absolute Gasteiger partial charge is 0.190 e. The van der Waals surface area contributed by atoms with Crippen LogP contribution in [0.3, 0.4) is 0 Å². The molecule has 2 N–H and O–H groups in total. The Morgan fingerprint density at radius 3 is 2.65 bits per heavy atom. The average Bonchev–Trinajstić information content (AvgIpc) is 3.17. The van der Waals surface area contributed by atoms with Crippen molar-refractivity contribution in [1.29, 1.82) is 0 Å². The maximum absolute atomic E-state index is 5.79. The topological polar surface area (TPSA) is 64.1 Å². The van der Waals surface area contributed by atoms with Crippen LogP contribution in [0.25, 0.3) is 0 Å². The zero-order valence-electron chi connectivity index (χ0n) is 16.1. The summed E-state index contributed by atoms with van der Waals surface area (Å²) < 4.78 is 17.0. The van der Waals surface area contributed by atoms with Crippen molar-refractivity contribution in [3.63, 3.8) is 0 Å². The van der Waals surface area contributed by atoms with Gasteiger partial charge in [0.15, 0.2) is 5.96 Å². The third kappa shape index (κ3) is 8.06. The zero-order chi connectivity index (χ0) is 18.5. The molecule has 0 spiro atoms. The predicted octanol–water partition coefficient (Wildman–Crippen LogP) is 2.51. The van der Waals surface area contributed by atoms with Crippen LogP contribution in [-0.4, -0.2) is 58.6 Å². The second-order valence-corrected chi connectivity index (χ2v) is 6.46. The lowest BCUT2D eigenvalue weighted by molar-refractivity contribution is 0.0168. The minimum absolute atomic E-state index is 0.305. The van der Waals surface area contributed by atoms with Crippen LogP contribution in [0.5, 0.6) is 5.75 Å². The van der Waals surface area contributed by atoms with Gasteiger partial charge >= 0.3 is 0 Å². The number of hydrogen-bond acceptors (Lipinski definition) is 4. The molecule has 1 aliphatic heterocycles. The summed E-state index contributed by atoms with van der Waals surface area (Å²) in [5, 5.41) is 6.61. The van der Waals surface area contributed by atoms with E-state index in [0.29, 0.717) is 19.3 Å². The van der Waals surface area contributed by atoms with E-state index in [1.165, 1.54) is 5.56 Å². The molecule has 1 aromatic carbocycles. The number of ether oxygens (including phenoxy) is 3. The van der Waals surface area contributed by atoms with E-state index in [-0.39, 0.29) is 0 Å². The maximum Gasteiger partial charge on any atom is 0.190 e. The van der Waals surface area contributed by atoms with Gasteiger partial charge in [-0.1, -0.05) is 18.2 Å². The first-order valence-electron chi connectivity index (χ1n) is 9.62. The molecule has 0 bridgehead atoms. The van der Waals surface area contributed by atoms with Crippen LogP contribution in [0.2, 0.25) is 0 Å². The lowest BCUT2D eigenvalue weighted by Gasteiger charge is -2.13. The van der Waals surface area contributed by atoms with Crippen molar-refractivity contribution in [2.24, 2.45) is 4.99 Å². The molecule has 1 aliphatic rings. The predicted molar refractivity (Wildman–Crippen MR) is 105 cm³/mol. The fourth-order valence-corrected chi connectivity index (χ4v) is 2.77. The molecule has 0 aromatic heterocycles. The van der Waals surface area contributed by atoms with Crippen molar-refractivity contribution in [2.75, 3.05) is 46.6 Å². The minimum atomic E-state index is 0.305. The van der Waals surface area contributed by atoms with Gasteiger partial charge in [0.2, 0.25) is 0 Å². The Morgan fingerprint density at radius 1 is 1.19 bits per heavy atom. The van der Waals surface area contributed by atoms with Gasteiger partial charge in [-0.2, -0.15) is 0 Å². The summed E-state index contributed by atoms with van der Waals surface area (Å²) >= 11 is 0. The third-order valence-electron chi connectivity index (χ3n) is 4.27. The molecule has 1 fully saturated rings. The molecule has 1 aromatic rings. The normalized spacial score (nSPS) is 17.3. The highest BCUT2D eigenvalue weighted by atomic mass is 16.5. The highest BCUT2D eigenvalue weighted by Gasteiger charge is 2.14. The maximum atomic E-state index is 5.79. The van der Waals surface area contributed by atoms with E-state index >= 15 is 0 Å². The van der Waals surface area contributed by atoms with Gasteiger partial charge in [-0.15, -0.1) is 0 Å². The summed E-state index contributed by atoms with van der Waals surface area (Å²) in [5.74, 6) is 1.78. The molecular formula is C20H33N3O3. The van der Waals surface area contributed by atoms with Gasteiger partial charge in [-0.3, -0.25) is 4.99 Å². The molecule has 1 heterocycles. The number of rotatable bonds is 11. The van der Waals surface area contributed by atoms with E-state index in [4.69, 9.17) is 14.2 Å². The summed E-state index contributed by atoms with van der Waals surface area (Å²) in [7, 11) is 1.78. The standard InChI is InChI=1S/C20H33N3O3/c1-17-8-3-4-10-19(17)26-15-7-12-23-20(21-2)22-11-6-13-24-16-18-9-5-14-25-18/h3-4,8,10,18H,5-7,9,11-16H2,1-2H3,(H2,21,22,23). The van der Waals surface area contributed by atoms with Crippen molar-refractivity contribution in [2.45, 2.75) is 38.7 Å². The van der Waals surface area contributed by atoms with E-state index in [9.17, 15) is 0 Å². The van der Waals surface area contributed by atoms with Crippen LogP contribution in [0.15, 0.2) is 29.3 Å². The Kier molecular flexibility index (Phi) is 9.90. The quantitative estimate of drug-likeness (QED) is 0.359. The number of para-hydroxylation sites is 1. The molecule has 146 valence electrons.